The number of hydrogen-bond acceptors (Lipinski definition) is 6. The number of nitrogens with zero attached hydrogens (tertiary/aromatic N) is 5. The van der Waals surface area contributed by atoms with Gasteiger partial charge in [0.2, 0.25) is 5.78 Å². The summed E-state index contributed by atoms with van der Waals surface area (Å²) >= 11 is 1.46. The van der Waals surface area contributed by atoms with Gasteiger partial charge in [0, 0.05) is 17.9 Å². The molecule has 0 fully saturated rings. The second-order valence-corrected chi connectivity index (χ2v) is 8.67. The Morgan fingerprint density at radius 2 is 1.64 bits per heavy atom. The van der Waals surface area contributed by atoms with Crippen molar-refractivity contribution in [2.45, 2.75) is 24.8 Å². The first-order valence-electron chi connectivity index (χ1n) is 10.3. The molecule has 0 spiro atoms. The van der Waals surface area contributed by atoms with Gasteiger partial charge in [-0.05, 0) is 42.7 Å². The van der Waals surface area contributed by atoms with Crippen LogP contribution in [0.1, 0.15) is 16.7 Å². The third-order valence-corrected chi connectivity index (χ3v) is 6.57. The van der Waals surface area contributed by atoms with Gasteiger partial charge in [-0.15, -0.1) is 10.2 Å². The number of non-ortho nitro benzene ring substituents is 1. The summed E-state index contributed by atoms with van der Waals surface area (Å²) in [7, 11) is 0. The first-order valence-corrected chi connectivity index (χ1v) is 11.3. The minimum atomic E-state index is -0.415. The van der Waals surface area contributed by atoms with Crippen LogP contribution in [0.25, 0.3) is 22.4 Å². The fourth-order valence-electron chi connectivity index (χ4n) is 3.99. The van der Waals surface area contributed by atoms with E-state index in [4.69, 9.17) is 0 Å². The number of aryl methyl sites for hydroxylation is 2. The quantitative estimate of drug-likeness (QED) is 0.213. The van der Waals surface area contributed by atoms with Crippen molar-refractivity contribution in [2.75, 3.05) is 0 Å². The zero-order valence-electron chi connectivity index (χ0n) is 17.9. The van der Waals surface area contributed by atoms with Crippen molar-refractivity contribution in [3.05, 3.63) is 104 Å². The van der Waals surface area contributed by atoms with Gasteiger partial charge in [0.25, 0.3) is 11.2 Å². The summed E-state index contributed by atoms with van der Waals surface area (Å²) in [5, 5.41) is 20.9. The van der Waals surface area contributed by atoms with Crippen molar-refractivity contribution in [1.29, 1.82) is 0 Å². The average molecular weight is 458 g/mol. The molecule has 0 atom stereocenters. The van der Waals surface area contributed by atoms with Crippen LogP contribution >= 0.6 is 11.8 Å². The highest BCUT2D eigenvalue weighted by Crippen LogP contribution is 2.27. The molecule has 0 unspecified atom stereocenters. The number of thioether (sulfide) groups is 1. The van der Waals surface area contributed by atoms with Crippen LogP contribution in [0.5, 0.6) is 0 Å². The van der Waals surface area contributed by atoms with Gasteiger partial charge in [0.05, 0.1) is 21.5 Å². The van der Waals surface area contributed by atoms with Gasteiger partial charge in [0.1, 0.15) is 0 Å². The highest BCUT2D eigenvalue weighted by Gasteiger charge is 2.20. The fraction of sp³-hybridized carbons (Fsp3) is 0.125. The van der Waals surface area contributed by atoms with Crippen molar-refractivity contribution in [1.82, 2.24) is 19.2 Å². The summed E-state index contributed by atoms with van der Waals surface area (Å²) in [6.07, 6.45) is 0. The van der Waals surface area contributed by atoms with Crippen LogP contribution in [0.4, 0.5) is 5.69 Å². The number of rotatable bonds is 5. The molecule has 8 nitrogen and oxygen atoms in total. The molecule has 2 heterocycles. The Morgan fingerprint density at radius 1 is 0.939 bits per heavy atom. The largest absolute Gasteiger partial charge is 0.269 e. The molecule has 0 saturated heterocycles. The summed E-state index contributed by atoms with van der Waals surface area (Å²) in [5.74, 6) is 0.998. The molecule has 0 saturated carbocycles. The van der Waals surface area contributed by atoms with E-state index < -0.39 is 4.92 Å². The van der Waals surface area contributed by atoms with Crippen LogP contribution in [0.3, 0.4) is 0 Å². The molecule has 0 aliphatic rings. The minimum absolute atomic E-state index is 0.0558. The van der Waals surface area contributed by atoms with Crippen molar-refractivity contribution in [3.8, 4) is 5.69 Å². The predicted octanol–water partition coefficient (Wildman–Crippen LogP) is 4.85. The van der Waals surface area contributed by atoms with Gasteiger partial charge >= 0.3 is 0 Å². The second kappa shape index (κ2) is 8.18. The third kappa shape index (κ3) is 3.56. The number of para-hydroxylation sites is 2. The minimum Gasteiger partial charge on any atom is -0.268 e. The summed E-state index contributed by atoms with van der Waals surface area (Å²) < 4.78 is 3.54. The Labute approximate surface area is 192 Å². The highest BCUT2D eigenvalue weighted by molar-refractivity contribution is 7.98. The van der Waals surface area contributed by atoms with Crippen LogP contribution in [0, 0.1) is 24.0 Å². The number of hydrogen-bond donors (Lipinski definition) is 0. The molecule has 0 aliphatic carbocycles. The molecule has 33 heavy (non-hydrogen) atoms. The van der Waals surface area contributed by atoms with Crippen LogP contribution in [0.15, 0.2) is 76.7 Å². The van der Waals surface area contributed by atoms with Crippen LogP contribution in [-0.2, 0) is 5.75 Å². The van der Waals surface area contributed by atoms with E-state index in [2.05, 4.69) is 10.2 Å². The van der Waals surface area contributed by atoms with E-state index in [-0.39, 0.29) is 11.2 Å². The first-order chi connectivity index (χ1) is 16.0. The van der Waals surface area contributed by atoms with Crippen molar-refractivity contribution in [3.63, 3.8) is 0 Å². The molecule has 5 rings (SSSR count). The van der Waals surface area contributed by atoms with E-state index in [0.717, 1.165) is 27.9 Å². The maximum Gasteiger partial charge on any atom is 0.269 e. The molecule has 5 aromatic rings. The van der Waals surface area contributed by atoms with Gasteiger partial charge < -0.3 is 0 Å². The van der Waals surface area contributed by atoms with Crippen molar-refractivity contribution in [2.24, 2.45) is 0 Å². The van der Waals surface area contributed by atoms with E-state index in [9.17, 15) is 14.9 Å². The zero-order valence-corrected chi connectivity index (χ0v) is 18.7. The van der Waals surface area contributed by atoms with E-state index in [1.165, 1.54) is 23.9 Å². The lowest BCUT2D eigenvalue weighted by molar-refractivity contribution is -0.384. The van der Waals surface area contributed by atoms with Crippen LogP contribution < -0.4 is 5.56 Å². The lowest BCUT2D eigenvalue weighted by Gasteiger charge is -2.15. The van der Waals surface area contributed by atoms with Crippen molar-refractivity contribution < 1.29 is 4.92 Å². The maximum absolute atomic E-state index is 13.5. The lowest BCUT2D eigenvalue weighted by Crippen LogP contribution is -2.23. The van der Waals surface area contributed by atoms with Crippen LogP contribution in [-0.4, -0.2) is 24.1 Å². The third-order valence-electron chi connectivity index (χ3n) is 5.57. The Balaban J connectivity index is 1.67. The molecule has 0 amide bonds. The summed E-state index contributed by atoms with van der Waals surface area (Å²) in [4.78, 5) is 24.0. The molecule has 0 radical (unpaired) electrons. The van der Waals surface area contributed by atoms with Gasteiger partial charge in [-0.25, -0.2) is 4.57 Å². The lowest BCUT2D eigenvalue weighted by atomic mass is 10.1. The van der Waals surface area contributed by atoms with Gasteiger partial charge in [-0.3, -0.25) is 19.3 Å². The van der Waals surface area contributed by atoms with E-state index in [0.29, 0.717) is 22.1 Å². The summed E-state index contributed by atoms with van der Waals surface area (Å²) in [6, 6.07) is 19.8. The number of benzene rings is 3. The van der Waals surface area contributed by atoms with E-state index in [1.807, 2.05) is 60.7 Å². The second-order valence-electron chi connectivity index (χ2n) is 7.73. The molecule has 164 valence electrons. The standard InChI is InChI=1S/C24H19N5O3S/c1-15-6-5-7-16(2)21(15)28-22(30)19-8-3-4-9-20(19)27-23(28)25-26-24(27)33-14-17-10-12-18(13-11-17)29(31)32/h3-13H,14H2,1-2H3. The van der Waals surface area contributed by atoms with E-state index in [1.54, 1.807) is 16.7 Å². The normalized spacial score (nSPS) is 11.3. The number of nitro groups is 1. The molecule has 0 aliphatic heterocycles. The average Bonchev–Trinajstić information content (AvgIpc) is 3.23. The Hall–Kier alpha value is -3.98. The fourth-order valence-corrected chi connectivity index (χ4v) is 4.89. The van der Waals surface area contributed by atoms with Gasteiger partial charge in [-0.2, -0.15) is 0 Å². The summed E-state index contributed by atoms with van der Waals surface area (Å²) in [5.41, 5.74) is 4.31. The monoisotopic (exact) mass is 457 g/mol. The number of aromatic nitrogens is 4. The molecular weight excluding hydrogens is 438 g/mol. The molecule has 2 aromatic heterocycles. The number of fused-ring (bicyclic) bond motifs is 3. The molecule has 9 heteroatoms. The zero-order chi connectivity index (χ0) is 23.1. The number of nitro benzene ring substituents is 1. The highest BCUT2D eigenvalue weighted by atomic mass is 32.2. The smallest absolute Gasteiger partial charge is 0.268 e. The predicted molar refractivity (Wildman–Crippen MR) is 128 cm³/mol. The molecule has 0 N–H and O–H groups in total. The summed E-state index contributed by atoms with van der Waals surface area (Å²) in [6.45, 7) is 3.95. The van der Waals surface area contributed by atoms with E-state index >= 15 is 0 Å². The van der Waals surface area contributed by atoms with Crippen molar-refractivity contribution >= 4 is 34.1 Å². The Kier molecular flexibility index (Phi) is 5.18. The first kappa shape index (κ1) is 20.9. The Bertz CT molecular complexity index is 1570. The van der Waals surface area contributed by atoms with Crippen LogP contribution in [0.2, 0.25) is 0 Å². The topological polar surface area (TPSA) is 95.3 Å². The molecular formula is C24H19N5O3S. The maximum atomic E-state index is 13.5. The van der Waals surface area contributed by atoms with Gasteiger partial charge in [-0.1, -0.05) is 54.2 Å². The SMILES string of the molecule is Cc1cccc(C)c1-n1c(=O)c2ccccc2n2c(SCc3ccc([N+](=O)[O-])cc3)nnc12. The molecule has 3 aromatic carbocycles. The molecule has 0 bridgehead atoms. The Morgan fingerprint density at radius 3 is 2.33 bits per heavy atom. The van der Waals surface area contributed by atoms with Gasteiger partial charge in [0.15, 0.2) is 5.16 Å².